The van der Waals surface area contributed by atoms with Crippen LogP contribution in [0.15, 0.2) is 4.99 Å². The van der Waals surface area contributed by atoms with Crippen molar-refractivity contribution in [2.45, 2.75) is 40.2 Å². The summed E-state index contributed by atoms with van der Waals surface area (Å²) >= 11 is 0. The van der Waals surface area contributed by atoms with Crippen molar-refractivity contribution in [3.05, 3.63) is 0 Å². The van der Waals surface area contributed by atoms with Gasteiger partial charge in [0.2, 0.25) is 0 Å². The molecule has 0 aliphatic carbocycles. The molecule has 0 saturated carbocycles. The Morgan fingerprint density at radius 2 is 2.00 bits per heavy atom. The Morgan fingerprint density at radius 1 is 1.42 bits per heavy atom. The summed E-state index contributed by atoms with van der Waals surface area (Å²) in [6, 6.07) is 2.05. The van der Waals surface area contributed by atoms with Crippen LogP contribution in [0.3, 0.4) is 0 Å². The number of rotatable bonds is 4. The summed E-state index contributed by atoms with van der Waals surface area (Å²) in [5.41, 5.74) is 0. The van der Waals surface area contributed by atoms with Gasteiger partial charge in [0.25, 0.3) is 0 Å². The van der Waals surface area contributed by atoms with Gasteiger partial charge in [-0.15, -0.1) is 0 Å². The van der Waals surface area contributed by atoms with Crippen LogP contribution in [0.2, 0.25) is 0 Å². The van der Waals surface area contributed by atoms with E-state index < -0.39 is 0 Å². The van der Waals surface area contributed by atoms with E-state index in [2.05, 4.69) is 38.8 Å². The van der Waals surface area contributed by atoms with Crippen molar-refractivity contribution in [3.8, 4) is 6.07 Å². The van der Waals surface area contributed by atoms with Crippen LogP contribution in [0.25, 0.3) is 0 Å². The lowest BCUT2D eigenvalue weighted by atomic mass is 10.0. The number of nitrogens with zero attached hydrogens (tertiary/aromatic N) is 2. The molecular formula is C10H18N2. The Morgan fingerprint density at radius 3 is 2.33 bits per heavy atom. The highest BCUT2D eigenvalue weighted by atomic mass is 14.8. The summed E-state index contributed by atoms with van der Waals surface area (Å²) < 4.78 is 0. The van der Waals surface area contributed by atoms with Gasteiger partial charge in [-0.25, -0.2) is 0 Å². The van der Waals surface area contributed by atoms with Crippen molar-refractivity contribution in [1.82, 2.24) is 0 Å². The molecule has 0 heterocycles. The van der Waals surface area contributed by atoms with Crippen LogP contribution in [0, 0.1) is 23.2 Å². The second kappa shape index (κ2) is 5.77. The van der Waals surface area contributed by atoms with E-state index in [-0.39, 0.29) is 6.04 Å². The van der Waals surface area contributed by atoms with Crippen molar-refractivity contribution in [3.63, 3.8) is 0 Å². The molecule has 0 N–H and O–H groups in total. The fourth-order valence-electron chi connectivity index (χ4n) is 0.796. The van der Waals surface area contributed by atoms with Gasteiger partial charge >= 0.3 is 0 Å². The molecule has 0 aromatic heterocycles. The van der Waals surface area contributed by atoms with Crippen LogP contribution < -0.4 is 0 Å². The van der Waals surface area contributed by atoms with E-state index in [0.717, 1.165) is 6.42 Å². The van der Waals surface area contributed by atoms with Gasteiger partial charge in [-0.1, -0.05) is 34.1 Å². The maximum absolute atomic E-state index is 8.78. The molecule has 2 atom stereocenters. The van der Waals surface area contributed by atoms with Crippen molar-refractivity contribution >= 4 is 6.21 Å². The molecule has 2 nitrogen and oxygen atoms in total. The maximum Gasteiger partial charge on any atom is 0.138 e. The minimum atomic E-state index is -0.155. The van der Waals surface area contributed by atoms with Gasteiger partial charge in [0.1, 0.15) is 6.04 Å². The zero-order valence-corrected chi connectivity index (χ0v) is 8.41. The number of hydrogen-bond acceptors (Lipinski definition) is 2. The Bertz CT molecular complexity index is 177. The zero-order valence-electron chi connectivity index (χ0n) is 8.41. The van der Waals surface area contributed by atoms with Crippen molar-refractivity contribution in [2.75, 3.05) is 0 Å². The predicted molar refractivity (Wildman–Crippen MR) is 52.2 cm³/mol. The fraction of sp³-hybridized carbons (Fsp3) is 0.800. The molecule has 2 unspecified atom stereocenters. The van der Waals surface area contributed by atoms with Crippen LogP contribution in [0.5, 0.6) is 0 Å². The minimum absolute atomic E-state index is 0.155. The van der Waals surface area contributed by atoms with E-state index in [1.165, 1.54) is 0 Å². The third kappa shape index (κ3) is 4.12. The van der Waals surface area contributed by atoms with E-state index in [9.17, 15) is 0 Å². The van der Waals surface area contributed by atoms with Crippen molar-refractivity contribution in [2.24, 2.45) is 16.8 Å². The summed E-state index contributed by atoms with van der Waals surface area (Å²) in [7, 11) is 0. The molecular weight excluding hydrogens is 148 g/mol. The molecule has 0 spiro atoms. The lowest BCUT2D eigenvalue weighted by Crippen LogP contribution is -2.13. The Labute approximate surface area is 75.3 Å². The number of aliphatic imine (C=N–C) groups is 1. The van der Waals surface area contributed by atoms with Gasteiger partial charge in [-0.3, -0.25) is 4.99 Å². The summed E-state index contributed by atoms with van der Waals surface area (Å²) in [5, 5.41) is 8.78. The van der Waals surface area contributed by atoms with Gasteiger partial charge in [0.15, 0.2) is 0 Å². The third-order valence-electron chi connectivity index (χ3n) is 1.86. The highest BCUT2D eigenvalue weighted by Gasteiger charge is 2.11. The number of hydrogen-bond donors (Lipinski definition) is 0. The Balaban J connectivity index is 4.10. The van der Waals surface area contributed by atoms with Crippen LogP contribution in [0.4, 0.5) is 0 Å². The molecule has 0 rings (SSSR count). The smallest absolute Gasteiger partial charge is 0.138 e. The predicted octanol–water partition coefficient (Wildman–Crippen LogP) is 2.65. The standard InChI is InChI=1S/C10H18N2/c1-5-9(4)10(6-11)12-7-8(2)3/h7-10H,5H2,1-4H3. The third-order valence-corrected chi connectivity index (χ3v) is 1.86. The first-order chi connectivity index (χ1) is 5.61. The molecule has 2 heteroatoms. The zero-order chi connectivity index (χ0) is 9.56. The Hall–Kier alpha value is -0.840. The van der Waals surface area contributed by atoms with Crippen LogP contribution in [-0.4, -0.2) is 12.3 Å². The normalized spacial score (nSPS) is 16.3. The van der Waals surface area contributed by atoms with Gasteiger partial charge in [0, 0.05) is 6.21 Å². The first-order valence-electron chi connectivity index (χ1n) is 4.54. The minimum Gasteiger partial charge on any atom is -0.278 e. The monoisotopic (exact) mass is 166 g/mol. The maximum atomic E-state index is 8.78. The molecule has 0 bridgehead atoms. The number of nitriles is 1. The lowest BCUT2D eigenvalue weighted by molar-refractivity contribution is 0.512. The molecule has 68 valence electrons. The first-order valence-corrected chi connectivity index (χ1v) is 4.54. The SMILES string of the molecule is CCC(C)C(C#N)N=CC(C)C. The fourth-order valence-corrected chi connectivity index (χ4v) is 0.796. The van der Waals surface area contributed by atoms with Crippen molar-refractivity contribution in [1.29, 1.82) is 5.26 Å². The largest absolute Gasteiger partial charge is 0.278 e. The average molecular weight is 166 g/mol. The van der Waals surface area contributed by atoms with E-state index in [1.807, 2.05) is 6.21 Å². The molecule has 0 saturated heterocycles. The van der Waals surface area contributed by atoms with Crippen molar-refractivity contribution < 1.29 is 0 Å². The van der Waals surface area contributed by atoms with Crippen LogP contribution >= 0.6 is 0 Å². The summed E-state index contributed by atoms with van der Waals surface area (Å²) in [6.07, 6.45) is 2.87. The van der Waals surface area contributed by atoms with E-state index in [4.69, 9.17) is 5.26 Å². The summed E-state index contributed by atoms with van der Waals surface area (Å²) in [4.78, 5) is 4.23. The molecule has 0 aromatic rings. The first kappa shape index (κ1) is 11.2. The molecule has 0 radical (unpaired) electrons. The summed E-state index contributed by atoms with van der Waals surface area (Å²) in [5.74, 6) is 0.801. The highest BCUT2D eigenvalue weighted by molar-refractivity contribution is 5.60. The van der Waals surface area contributed by atoms with E-state index in [1.54, 1.807) is 0 Å². The molecule has 0 aliphatic rings. The van der Waals surface area contributed by atoms with Gasteiger partial charge < -0.3 is 0 Å². The highest BCUT2D eigenvalue weighted by Crippen LogP contribution is 2.10. The van der Waals surface area contributed by atoms with Gasteiger partial charge in [-0.05, 0) is 11.8 Å². The second-order valence-corrected chi connectivity index (χ2v) is 3.50. The molecule has 12 heavy (non-hydrogen) atoms. The van der Waals surface area contributed by atoms with Crippen LogP contribution in [0.1, 0.15) is 34.1 Å². The second-order valence-electron chi connectivity index (χ2n) is 3.50. The van der Waals surface area contributed by atoms with Gasteiger partial charge in [0.05, 0.1) is 6.07 Å². The molecule has 0 aliphatic heterocycles. The van der Waals surface area contributed by atoms with Crippen LogP contribution in [-0.2, 0) is 0 Å². The quantitative estimate of drug-likeness (QED) is 0.591. The van der Waals surface area contributed by atoms with Gasteiger partial charge in [-0.2, -0.15) is 5.26 Å². The summed E-state index contributed by atoms with van der Waals surface area (Å²) in [6.45, 7) is 8.27. The topological polar surface area (TPSA) is 36.1 Å². The molecule has 0 amide bonds. The Kier molecular flexibility index (Phi) is 5.36. The average Bonchev–Trinajstić information content (AvgIpc) is 2.04. The van der Waals surface area contributed by atoms with E-state index >= 15 is 0 Å². The van der Waals surface area contributed by atoms with E-state index in [0.29, 0.717) is 11.8 Å². The lowest BCUT2D eigenvalue weighted by Gasteiger charge is -2.10. The molecule has 0 fully saturated rings. The molecule has 0 aromatic carbocycles.